The average Bonchev–Trinajstić information content (AvgIpc) is 3.16. The zero-order chi connectivity index (χ0) is 42.6. The van der Waals surface area contributed by atoms with Gasteiger partial charge in [-0.25, -0.2) is 9.13 Å². The first-order valence-corrected chi connectivity index (χ1v) is 24.2. The van der Waals surface area contributed by atoms with Crippen molar-refractivity contribution < 1.29 is 66.7 Å². The molecule has 0 aromatic rings. The van der Waals surface area contributed by atoms with Crippen LogP contribution in [0.3, 0.4) is 0 Å². The molecular weight excluding hydrogens is 778 g/mol. The van der Waals surface area contributed by atoms with E-state index in [-0.39, 0.29) is 12.8 Å². The highest BCUT2D eigenvalue weighted by Gasteiger charge is 2.28. The van der Waals surface area contributed by atoms with Crippen molar-refractivity contribution in [3.63, 3.8) is 0 Å². The lowest BCUT2D eigenvalue weighted by Crippen LogP contribution is -2.30. The molecule has 334 valence electrons. The first-order chi connectivity index (χ1) is 27.2. The van der Waals surface area contributed by atoms with Crippen molar-refractivity contribution in [3.8, 4) is 0 Å². The van der Waals surface area contributed by atoms with Crippen molar-refractivity contribution in [1.29, 1.82) is 0 Å². The number of allylic oxidation sites excluding steroid dienone is 5. The maximum absolute atomic E-state index is 12.6. The molecule has 5 atom stereocenters. The molecule has 5 N–H and O–H groups in total. The monoisotopic (exact) mass is 854 g/mol. The Labute approximate surface area is 342 Å². The predicted octanol–water partition coefficient (Wildman–Crippen LogP) is 9.33. The van der Waals surface area contributed by atoms with Crippen molar-refractivity contribution in [2.75, 3.05) is 26.4 Å². The van der Waals surface area contributed by atoms with Crippen LogP contribution in [-0.4, -0.2) is 81.6 Å². The van der Waals surface area contributed by atoms with Gasteiger partial charge in [0.1, 0.15) is 12.7 Å². The number of aliphatic hydroxyl groups excluding tert-OH is 2. The van der Waals surface area contributed by atoms with Crippen LogP contribution in [0.25, 0.3) is 0 Å². The van der Waals surface area contributed by atoms with Gasteiger partial charge in [-0.15, -0.1) is 0 Å². The molecule has 0 radical (unpaired) electrons. The van der Waals surface area contributed by atoms with Crippen molar-refractivity contribution in [2.45, 2.75) is 180 Å². The van der Waals surface area contributed by atoms with Crippen LogP contribution in [0, 0.1) is 5.92 Å². The van der Waals surface area contributed by atoms with E-state index in [1.54, 1.807) is 12.2 Å². The molecule has 0 amide bonds. The molecule has 0 bridgehead atoms. The lowest BCUT2D eigenvalue weighted by Gasteiger charge is -2.20. The molecule has 0 aliphatic heterocycles. The zero-order valence-corrected chi connectivity index (χ0v) is 36.8. The van der Waals surface area contributed by atoms with Gasteiger partial charge in [-0.2, -0.15) is 0 Å². The van der Waals surface area contributed by atoms with E-state index in [0.717, 1.165) is 44.4 Å². The molecule has 0 rings (SSSR count). The SMILES string of the molecule is CCCCCCCC/C=C/C/C=C/C=C/C(O)CCCC(=O)OC[C@H](COP(=O)(O)OC[C@@H](O)COP(=O)(O)O)OC(=O)CCCCCCCCCCC(C)CC. The van der Waals surface area contributed by atoms with Gasteiger partial charge in [0.2, 0.25) is 0 Å². The number of phosphoric ester groups is 2. The van der Waals surface area contributed by atoms with Gasteiger partial charge in [0.25, 0.3) is 0 Å². The Morgan fingerprint density at radius 2 is 1.23 bits per heavy atom. The fourth-order valence-electron chi connectivity index (χ4n) is 5.51. The molecule has 57 heavy (non-hydrogen) atoms. The molecule has 14 nitrogen and oxygen atoms in total. The summed E-state index contributed by atoms with van der Waals surface area (Å²) in [6.07, 6.45) is 29.0. The summed E-state index contributed by atoms with van der Waals surface area (Å²) in [5, 5.41) is 20.0. The van der Waals surface area contributed by atoms with E-state index in [1.165, 1.54) is 70.6 Å². The number of hydrogen-bond donors (Lipinski definition) is 5. The summed E-state index contributed by atoms with van der Waals surface area (Å²) in [6, 6.07) is 0. The number of carbonyl (C=O) groups is 2. The maximum atomic E-state index is 12.6. The van der Waals surface area contributed by atoms with Crippen molar-refractivity contribution in [2.24, 2.45) is 5.92 Å². The summed E-state index contributed by atoms with van der Waals surface area (Å²) in [5.74, 6) is -0.454. The highest BCUT2D eigenvalue weighted by Crippen LogP contribution is 2.43. The molecule has 0 aliphatic rings. The maximum Gasteiger partial charge on any atom is 0.472 e. The van der Waals surface area contributed by atoms with Crippen LogP contribution >= 0.6 is 15.6 Å². The standard InChI is InChI=1S/C41H76O14P2/c1-4-6-7-8-9-10-11-12-13-14-18-21-24-28-37(42)29-26-31-40(44)51-34-39(35-54-57(49,50)53-33-38(43)32-52-56(46,47)48)55-41(45)30-25-22-19-16-15-17-20-23-27-36(3)5-2/h12-13,18,21,24,28,36-39,42-43H,4-11,14-17,19-20,22-23,25-27,29-35H2,1-3H3,(H,49,50)(H2,46,47,48)/b13-12+,21-18+,28-24+/t36?,37?,38-,39+/m0/s1. The van der Waals surface area contributed by atoms with Gasteiger partial charge in [-0.1, -0.05) is 147 Å². The van der Waals surface area contributed by atoms with Crippen LogP contribution in [0.5, 0.6) is 0 Å². The van der Waals surface area contributed by atoms with Crippen LogP contribution in [0.4, 0.5) is 0 Å². The lowest BCUT2D eigenvalue weighted by atomic mass is 9.99. The Morgan fingerprint density at radius 1 is 0.632 bits per heavy atom. The molecule has 0 saturated carbocycles. The summed E-state index contributed by atoms with van der Waals surface area (Å²) in [7, 11) is -9.72. The molecule has 0 saturated heterocycles. The summed E-state index contributed by atoms with van der Waals surface area (Å²) < 4.78 is 47.5. The van der Waals surface area contributed by atoms with Gasteiger partial charge in [0, 0.05) is 12.8 Å². The van der Waals surface area contributed by atoms with Gasteiger partial charge in [0.05, 0.1) is 25.9 Å². The van der Waals surface area contributed by atoms with Gasteiger partial charge in [0.15, 0.2) is 6.10 Å². The normalized spacial score (nSPS) is 15.6. The van der Waals surface area contributed by atoms with Crippen LogP contribution in [-0.2, 0) is 41.8 Å². The van der Waals surface area contributed by atoms with Crippen LogP contribution < -0.4 is 0 Å². The number of carbonyl (C=O) groups excluding carboxylic acids is 2. The molecule has 0 aliphatic carbocycles. The number of phosphoric acid groups is 2. The smallest absolute Gasteiger partial charge is 0.462 e. The highest BCUT2D eigenvalue weighted by molar-refractivity contribution is 7.47. The third-order valence-corrected chi connectivity index (χ3v) is 10.6. The van der Waals surface area contributed by atoms with E-state index in [1.807, 2.05) is 12.2 Å². The fraction of sp³-hybridized carbons (Fsp3) is 0.805. The second-order valence-electron chi connectivity index (χ2n) is 14.7. The Balaban J connectivity index is 4.71. The Morgan fingerprint density at radius 3 is 1.89 bits per heavy atom. The molecule has 0 aromatic carbocycles. The van der Waals surface area contributed by atoms with E-state index < -0.39 is 72.3 Å². The quantitative estimate of drug-likeness (QED) is 0.0128. The molecule has 0 aromatic heterocycles. The van der Waals surface area contributed by atoms with E-state index in [9.17, 15) is 33.8 Å². The Kier molecular flexibility index (Phi) is 35.1. The predicted molar refractivity (Wildman–Crippen MR) is 222 cm³/mol. The average molecular weight is 855 g/mol. The molecule has 16 heteroatoms. The van der Waals surface area contributed by atoms with E-state index >= 15 is 0 Å². The van der Waals surface area contributed by atoms with Crippen LogP contribution in [0.2, 0.25) is 0 Å². The molecule has 0 fully saturated rings. The first kappa shape index (κ1) is 55.3. The number of esters is 2. The van der Waals surface area contributed by atoms with E-state index in [2.05, 4.69) is 42.0 Å². The third-order valence-electron chi connectivity index (χ3n) is 9.17. The second-order valence-corrected chi connectivity index (χ2v) is 17.4. The van der Waals surface area contributed by atoms with Crippen molar-refractivity contribution in [3.05, 3.63) is 36.5 Å². The molecule has 3 unspecified atom stereocenters. The minimum Gasteiger partial charge on any atom is -0.462 e. The number of hydrogen-bond acceptors (Lipinski definition) is 11. The van der Waals surface area contributed by atoms with Gasteiger partial charge in [-0.3, -0.25) is 23.2 Å². The summed E-state index contributed by atoms with van der Waals surface area (Å²) in [5.41, 5.74) is 0. The van der Waals surface area contributed by atoms with Crippen LogP contribution in [0.15, 0.2) is 36.5 Å². The first-order valence-electron chi connectivity index (χ1n) is 21.2. The topological polar surface area (TPSA) is 216 Å². The van der Waals surface area contributed by atoms with Gasteiger partial charge >= 0.3 is 27.6 Å². The second kappa shape index (κ2) is 36.2. The zero-order valence-electron chi connectivity index (χ0n) is 35.0. The largest absolute Gasteiger partial charge is 0.472 e. The fourth-order valence-corrected chi connectivity index (χ4v) is 6.66. The van der Waals surface area contributed by atoms with Crippen LogP contribution in [0.1, 0.15) is 162 Å². The van der Waals surface area contributed by atoms with E-state index in [0.29, 0.717) is 19.3 Å². The minimum atomic E-state index is -4.88. The number of aliphatic hydroxyl groups is 2. The number of unbranched alkanes of at least 4 members (excludes halogenated alkanes) is 13. The minimum absolute atomic E-state index is 0.0281. The number of ether oxygens (including phenoxy) is 2. The third kappa shape index (κ3) is 39.5. The Bertz CT molecular complexity index is 1190. The lowest BCUT2D eigenvalue weighted by molar-refractivity contribution is -0.161. The van der Waals surface area contributed by atoms with Crippen molar-refractivity contribution in [1.82, 2.24) is 0 Å². The van der Waals surface area contributed by atoms with Gasteiger partial charge < -0.3 is 34.4 Å². The molecular formula is C41H76O14P2. The van der Waals surface area contributed by atoms with Gasteiger partial charge in [-0.05, 0) is 44.4 Å². The van der Waals surface area contributed by atoms with Crippen molar-refractivity contribution >= 4 is 27.6 Å². The molecule has 0 heterocycles. The summed E-state index contributed by atoms with van der Waals surface area (Å²) in [4.78, 5) is 52.6. The highest BCUT2D eigenvalue weighted by atomic mass is 31.2. The number of rotatable bonds is 39. The van der Waals surface area contributed by atoms with E-state index in [4.69, 9.17) is 23.8 Å². The Hall–Kier alpha value is -1.70. The summed E-state index contributed by atoms with van der Waals surface area (Å²) >= 11 is 0. The summed E-state index contributed by atoms with van der Waals surface area (Å²) in [6.45, 7) is 3.82. The molecule has 0 spiro atoms.